The minimum Gasteiger partial charge on any atom is -0.479 e. The van der Waals surface area contributed by atoms with Crippen LogP contribution in [0.3, 0.4) is 0 Å². The maximum absolute atomic E-state index is 14.8. The third kappa shape index (κ3) is 2.68. The molecule has 0 radical (unpaired) electrons. The third-order valence-corrected chi connectivity index (χ3v) is 5.04. The zero-order valence-electron chi connectivity index (χ0n) is 15.4. The molecule has 9 heteroatoms. The predicted molar refractivity (Wildman–Crippen MR) is 96.9 cm³/mol. The molecule has 3 unspecified atom stereocenters. The molecule has 3 atom stereocenters. The van der Waals surface area contributed by atoms with E-state index in [1.165, 1.54) is 15.5 Å². The standard InChI is InChI=1S/C19H18F2N4O3/c1-4-10(2)24-15-9-14(13(21)8-16(15)28-11(3)18(24)26)25-19(27)23-6-5-12(20)7-17(23)22-25/h1,8-12H,5-7H2,2-3H3. The first-order valence-corrected chi connectivity index (χ1v) is 8.94. The maximum Gasteiger partial charge on any atom is 0.350 e. The minimum absolute atomic E-state index is 0.00579. The van der Waals surface area contributed by atoms with Gasteiger partial charge in [-0.1, -0.05) is 5.92 Å². The van der Waals surface area contributed by atoms with Crippen molar-refractivity contribution in [2.75, 3.05) is 4.90 Å². The SMILES string of the molecule is C#CC(C)N1C(=O)C(C)Oc2cc(F)c(-n3nc4n(c3=O)CCC(F)C4)cc21. The van der Waals surface area contributed by atoms with Crippen LogP contribution in [-0.2, 0) is 17.8 Å². The number of carbonyl (C=O) groups is 1. The van der Waals surface area contributed by atoms with Gasteiger partial charge in [0.2, 0.25) is 0 Å². The molecule has 1 aromatic carbocycles. The first-order chi connectivity index (χ1) is 13.3. The van der Waals surface area contributed by atoms with E-state index in [9.17, 15) is 18.4 Å². The zero-order chi connectivity index (χ0) is 20.2. The Kier molecular flexibility index (Phi) is 4.22. The summed E-state index contributed by atoms with van der Waals surface area (Å²) in [5.41, 5.74) is -0.457. The van der Waals surface area contributed by atoms with Crippen LogP contribution in [0.2, 0.25) is 0 Å². The first kappa shape index (κ1) is 18.2. The van der Waals surface area contributed by atoms with E-state index in [2.05, 4.69) is 11.0 Å². The monoisotopic (exact) mass is 388 g/mol. The summed E-state index contributed by atoms with van der Waals surface area (Å²) in [6, 6.07) is 1.82. The molecule has 2 aromatic rings. The van der Waals surface area contributed by atoms with Crippen molar-refractivity contribution < 1.29 is 18.3 Å². The summed E-state index contributed by atoms with van der Waals surface area (Å²) < 4.78 is 36.2. The molecule has 0 aliphatic carbocycles. The fourth-order valence-electron chi connectivity index (χ4n) is 3.55. The van der Waals surface area contributed by atoms with E-state index in [-0.39, 0.29) is 48.2 Å². The van der Waals surface area contributed by atoms with E-state index in [1.54, 1.807) is 13.8 Å². The molecule has 0 N–H and O–H groups in total. The lowest BCUT2D eigenvalue weighted by molar-refractivity contribution is -0.125. The molecule has 0 saturated heterocycles. The summed E-state index contributed by atoms with van der Waals surface area (Å²) >= 11 is 0. The van der Waals surface area contributed by atoms with Crippen LogP contribution in [0.5, 0.6) is 5.75 Å². The summed E-state index contributed by atoms with van der Waals surface area (Å²) in [6.45, 7) is 3.39. The van der Waals surface area contributed by atoms with Crippen LogP contribution >= 0.6 is 0 Å². The van der Waals surface area contributed by atoms with Crippen molar-refractivity contribution in [1.29, 1.82) is 0 Å². The van der Waals surface area contributed by atoms with Crippen LogP contribution < -0.4 is 15.3 Å². The number of nitrogens with zero attached hydrogens (tertiary/aromatic N) is 4. The smallest absolute Gasteiger partial charge is 0.350 e. The molecule has 0 bridgehead atoms. The number of alkyl halides is 1. The Hall–Kier alpha value is -3.15. The second kappa shape index (κ2) is 6.48. The number of hydrogen-bond donors (Lipinski definition) is 0. The number of hydrogen-bond acceptors (Lipinski definition) is 4. The molecule has 0 fully saturated rings. The number of terminal acetylenes is 1. The highest BCUT2D eigenvalue weighted by Crippen LogP contribution is 2.38. The second-order valence-electron chi connectivity index (χ2n) is 6.93. The highest BCUT2D eigenvalue weighted by molar-refractivity contribution is 6.01. The van der Waals surface area contributed by atoms with Crippen LogP contribution in [-0.4, -0.2) is 38.6 Å². The molecule has 28 heavy (non-hydrogen) atoms. The Morgan fingerprint density at radius 1 is 1.36 bits per heavy atom. The predicted octanol–water partition coefficient (Wildman–Crippen LogP) is 1.59. The molecular formula is C19H18F2N4O3. The third-order valence-electron chi connectivity index (χ3n) is 5.04. The van der Waals surface area contributed by atoms with Gasteiger partial charge in [0.1, 0.15) is 23.4 Å². The van der Waals surface area contributed by atoms with Crippen molar-refractivity contribution in [3.8, 4) is 23.8 Å². The lowest BCUT2D eigenvalue weighted by atomic mass is 10.1. The fourth-order valence-corrected chi connectivity index (χ4v) is 3.55. The highest BCUT2D eigenvalue weighted by Gasteiger charge is 2.35. The Morgan fingerprint density at radius 3 is 2.82 bits per heavy atom. The number of fused-ring (bicyclic) bond motifs is 2. The van der Waals surface area contributed by atoms with Gasteiger partial charge in [0, 0.05) is 19.0 Å². The number of halogens is 2. The van der Waals surface area contributed by atoms with Crippen LogP contribution in [0.1, 0.15) is 26.1 Å². The number of carbonyl (C=O) groups excluding carboxylic acids is 1. The number of benzene rings is 1. The molecule has 1 aromatic heterocycles. The van der Waals surface area contributed by atoms with Crippen LogP contribution in [0, 0.1) is 18.2 Å². The number of aromatic nitrogens is 3. The number of anilines is 1. The summed E-state index contributed by atoms with van der Waals surface area (Å²) in [4.78, 5) is 26.6. The summed E-state index contributed by atoms with van der Waals surface area (Å²) in [5.74, 6) is 1.78. The summed E-state index contributed by atoms with van der Waals surface area (Å²) in [7, 11) is 0. The van der Waals surface area contributed by atoms with E-state index in [0.717, 1.165) is 10.7 Å². The van der Waals surface area contributed by atoms with Crippen molar-refractivity contribution in [2.24, 2.45) is 0 Å². The fraction of sp³-hybridized carbons (Fsp3) is 0.421. The van der Waals surface area contributed by atoms with Gasteiger partial charge in [-0.25, -0.2) is 13.6 Å². The molecule has 146 valence electrons. The van der Waals surface area contributed by atoms with Gasteiger partial charge in [-0.2, -0.15) is 4.68 Å². The van der Waals surface area contributed by atoms with E-state index >= 15 is 0 Å². The highest BCUT2D eigenvalue weighted by atomic mass is 19.1. The second-order valence-corrected chi connectivity index (χ2v) is 6.93. The van der Waals surface area contributed by atoms with Gasteiger partial charge < -0.3 is 4.74 Å². The average Bonchev–Trinajstić information content (AvgIpc) is 2.97. The van der Waals surface area contributed by atoms with Gasteiger partial charge in [0.15, 0.2) is 11.9 Å². The van der Waals surface area contributed by atoms with Crippen molar-refractivity contribution >= 4 is 11.6 Å². The minimum atomic E-state index is -1.09. The summed E-state index contributed by atoms with van der Waals surface area (Å²) in [6.07, 6.45) is 3.78. The Balaban J connectivity index is 1.88. The summed E-state index contributed by atoms with van der Waals surface area (Å²) in [5, 5.41) is 4.11. The lowest BCUT2D eigenvalue weighted by Gasteiger charge is -2.35. The molecule has 4 rings (SSSR count). The maximum atomic E-state index is 14.8. The molecule has 0 spiro atoms. The van der Waals surface area contributed by atoms with E-state index in [4.69, 9.17) is 11.2 Å². The molecule has 2 aliphatic rings. The van der Waals surface area contributed by atoms with Crippen LogP contribution in [0.25, 0.3) is 5.69 Å². The van der Waals surface area contributed by atoms with E-state index < -0.39 is 29.8 Å². The Bertz CT molecular complexity index is 1070. The zero-order valence-corrected chi connectivity index (χ0v) is 15.4. The van der Waals surface area contributed by atoms with Crippen molar-refractivity contribution in [3.05, 3.63) is 34.3 Å². The quantitative estimate of drug-likeness (QED) is 0.733. The van der Waals surface area contributed by atoms with Gasteiger partial charge in [-0.3, -0.25) is 14.3 Å². The van der Waals surface area contributed by atoms with Crippen molar-refractivity contribution in [3.63, 3.8) is 0 Å². The molecule has 1 amide bonds. The normalized spacial score (nSPS) is 22.1. The van der Waals surface area contributed by atoms with Gasteiger partial charge in [0.25, 0.3) is 5.91 Å². The Labute approximate surface area is 159 Å². The van der Waals surface area contributed by atoms with E-state index in [0.29, 0.717) is 0 Å². The van der Waals surface area contributed by atoms with Gasteiger partial charge in [0.05, 0.1) is 11.7 Å². The van der Waals surface area contributed by atoms with Crippen LogP contribution in [0.4, 0.5) is 14.5 Å². The molecule has 0 saturated carbocycles. The topological polar surface area (TPSA) is 69.4 Å². The largest absolute Gasteiger partial charge is 0.479 e. The number of ether oxygens (including phenoxy) is 1. The van der Waals surface area contributed by atoms with Crippen LogP contribution in [0.15, 0.2) is 16.9 Å². The van der Waals surface area contributed by atoms with Crippen molar-refractivity contribution in [1.82, 2.24) is 14.3 Å². The van der Waals surface area contributed by atoms with Gasteiger partial charge >= 0.3 is 5.69 Å². The van der Waals surface area contributed by atoms with Gasteiger partial charge in [-0.15, -0.1) is 11.5 Å². The van der Waals surface area contributed by atoms with Gasteiger partial charge in [-0.05, 0) is 26.3 Å². The molecule has 2 aliphatic heterocycles. The first-order valence-electron chi connectivity index (χ1n) is 8.94. The molecule has 7 nitrogen and oxygen atoms in total. The average molecular weight is 388 g/mol. The van der Waals surface area contributed by atoms with E-state index in [1.807, 2.05) is 0 Å². The van der Waals surface area contributed by atoms with Crippen molar-refractivity contribution in [2.45, 2.75) is 51.6 Å². The number of amides is 1. The molecule has 3 heterocycles. The molecular weight excluding hydrogens is 370 g/mol. The Morgan fingerprint density at radius 2 is 2.11 bits per heavy atom. The number of rotatable bonds is 2. The lowest BCUT2D eigenvalue weighted by Crippen LogP contribution is -2.48.